The van der Waals surface area contributed by atoms with E-state index >= 15 is 0 Å². The van der Waals surface area contributed by atoms with Crippen molar-refractivity contribution in [3.8, 4) is 0 Å². The van der Waals surface area contributed by atoms with Crippen molar-refractivity contribution in [2.24, 2.45) is 0 Å². The number of carbonyl (C=O) groups is 2. The van der Waals surface area contributed by atoms with Gasteiger partial charge in [-0.25, -0.2) is 4.98 Å². The van der Waals surface area contributed by atoms with Crippen molar-refractivity contribution in [3.63, 3.8) is 0 Å². The van der Waals surface area contributed by atoms with Gasteiger partial charge in [-0.05, 0) is 50.8 Å². The van der Waals surface area contributed by atoms with E-state index in [-0.39, 0.29) is 30.5 Å². The van der Waals surface area contributed by atoms with Gasteiger partial charge in [0.15, 0.2) is 0 Å². The molecule has 0 fully saturated rings. The van der Waals surface area contributed by atoms with E-state index in [1.54, 1.807) is 11.3 Å². The minimum absolute atomic E-state index is 0.0990. The molecule has 2 amide bonds. The molecule has 1 aliphatic carbocycles. The van der Waals surface area contributed by atoms with Gasteiger partial charge in [0, 0.05) is 18.0 Å². The molecule has 0 saturated heterocycles. The standard InChI is InChI=1S/C22H33N5O3S/c1-3-5-11-26(4-2)12-10-23-18(28)13-24-19(29)14-27-15-25-21-20(22(27)30)16-8-6-7-9-17(16)31-21/h15H,3-14H2,1-2H3,(H,23,28)(H,24,29). The monoisotopic (exact) mass is 447 g/mol. The SMILES string of the molecule is CCCCN(CC)CCNC(=O)CNC(=O)Cn1cnc2sc3c(c2c1=O)CCCC3. The van der Waals surface area contributed by atoms with Crippen molar-refractivity contribution in [2.45, 2.75) is 58.9 Å². The average Bonchev–Trinajstić information content (AvgIpc) is 3.16. The van der Waals surface area contributed by atoms with Gasteiger partial charge in [-0.15, -0.1) is 11.3 Å². The van der Waals surface area contributed by atoms with E-state index in [9.17, 15) is 14.4 Å². The maximum absolute atomic E-state index is 12.9. The fraction of sp³-hybridized carbons (Fsp3) is 0.636. The Hall–Kier alpha value is -2.26. The summed E-state index contributed by atoms with van der Waals surface area (Å²) >= 11 is 1.59. The van der Waals surface area contributed by atoms with Crippen molar-refractivity contribution in [2.75, 3.05) is 32.7 Å². The zero-order chi connectivity index (χ0) is 22.2. The molecule has 3 rings (SSSR count). The Kier molecular flexibility index (Phi) is 8.60. The Morgan fingerprint density at radius 3 is 2.74 bits per heavy atom. The minimum atomic E-state index is -0.374. The van der Waals surface area contributed by atoms with Crippen LogP contribution in [0.25, 0.3) is 10.2 Å². The number of likely N-dealkylation sites (N-methyl/N-ethyl adjacent to an activating group) is 1. The van der Waals surface area contributed by atoms with Crippen molar-refractivity contribution in [3.05, 3.63) is 27.1 Å². The normalized spacial score (nSPS) is 13.4. The molecule has 0 unspecified atom stereocenters. The Morgan fingerprint density at radius 2 is 1.97 bits per heavy atom. The molecular weight excluding hydrogens is 414 g/mol. The zero-order valence-electron chi connectivity index (χ0n) is 18.5. The first-order valence-corrected chi connectivity index (χ1v) is 12.1. The van der Waals surface area contributed by atoms with E-state index in [4.69, 9.17) is 0 Å². The first kappa shape index (κ1) is 23.4. The number of nitrogens with zero attached hydrogens (tertiary/aromatic N) is 3. The van der Waals surface area contributed by atoms with Crippen LogP contribution in [0.1, 0.15) is 50.0 Å². The molecule has 0 aliphatic heterocycles. The molecule has 0 saturated carbocycles. The number of nitrogens with one attached hydrogen (secondary N) is 2. The summed E-state index contributed by atoms with van der Waals surface area (Å²) in [6, 6.07) is 0. The predicted molar refractivity (Wildman–Crippen MR) is 124 cm³/mol. The van der Waals surface area contributed by atoms with E-state index in [0.29, 0.717) is 11.9 Å². The van der Waals surface area contributed by atoms with Gasteiger partial charge in [-0.3, -0.25) is 19.0 Å². The number of thiophene rings is 1. The third-order valence-electron chi connectivity index (χ3n) is 5.73. The molecule has 0 aromatic carbocycles. The molecular formula is C22H33N5O3S. The lowest BCUT2D eigenvalue weighted by atomic mass is 9.97. The number of carbonyl (C=O) groups excluding carboxylic acids is 2. The van der Waals surface area contributed by atoms with Crippen LogP contribution < -0.4 is 16.2 Å². The molecule has 31 heavy (non-hydrogen) atoms. The van der Waals surface area contributed by atoms with Gasteiger partial charge in [-0.1, -0.05) is 20.3 Å². The van der Waals surface area contributed by atoms with Crippen LogP contribution in [0.4, 0.5) is 0 Å². The van der Waals surface area contributed by atoms with E-state index < -0.39 is 0 Å². The van der Waals surface area contributed by atoms with Crippen molar-refractivity contribution in [1.29, 1.82) is 0 Å². The molecule has 0 radical (unpaired) electrons. The smallest absolute Gasteiger partial charge is 0.262 e. The van der Waals surface area contributed by atoms with Gasteiger partial charge in [-0.2, -0.15) is 0 Å². The number of amides is 2. The highest BCUT2D eigenvalue weighted by Crippen LogP contribution is 2.33. The van der Waals surface area contributed by atoms with Crippen LogP contribution in [-0.2, 0) is 29.0 Å². The highest BCUT2D eigenvalue weighted by atomic mass is 32.1. The maximum Gasteiger partial charge on any atom is 0.262 e. The highest BCUT2D eigenvalue weighted by Gasteiger charge is 2.20. The number of aromatic nitrogens is 2. The fourth-order valence-corrected chi connectivity index (χ4v) is 5.13. The number of fused-ring (bicyclic) bond motifs is 3. The molecule has 2 aromatic heterocycles. The second-order valence-corrected chi connectivity index (χ2v) is 9.07. The van der Waals surface area contributed by atoms with E-state index in [1.165, 1.54) is 15.8 Å². The first-order chi connectivity index (χ1) is 15.0. The highest BCUT2D eigenvalue weighted by molar-refractivity contribution is 7.18. The minimum Gasteiger partial charge on any atom is -0.353 e. The number of rotatable bonds is 11. The molecule has 2 heterocycles. The van der Waals surface area contributed by atoms with Crippen LogP contribution >= 0.6 is 11.3 Å². The summed E-state index contributed by atoms with van der Waals surface area (Å²) in [7, 11) is 0. The number of unbranched alkanes of at least 4 members (excludes halogenated alkanes) is 1. The fourth-order valence-electron chi connectivity index (χ4n) is 3.91. The number of hydrogen-bond acceptors (Lipinski definition) is 6. The Morgan fingerprint density at radius 1 is 1.16 bits per heavy atom. The lowest BCUT2D eigenvalue weighted by Gasteiger charge is -2.20. The Balaban J connectivity index is 1.48. The van der Waals surface area contributed by atoms with E-state index in [0.717, 1.165) is 68.6 Å². The predicted octanol–water partition coefficient (Wildman–Crippen LogP) is 1.69. The topological polar surface area (TPSA) is 96.3 Å². The number of hydrogen-bond donors (Lipinski definition) is 2. The zero-order valence-corrected chi connectivity index (χ0v) is 19.4. The summed E-state index contributed by atoms with van der Waals surface area (Å²) in [6.07, 6.45) is 7.85. The average molecular weight is 448 g/mol. The second kappa shape index (κ2) is 11.4. The first-order valence-electron chi connectivity index (χ1n) is 11.3. The lowest BCUT2D eigenvalue weighted by Crippen LogP contribution is -2.42. The van der Waals surface area contributed by atoms with Crippen LogP contribution in [0.5, 0.6) is 0 Å². The van der Waals surface area contributed by atoms with Gasteiger partial charge in [0.1, 0.15) is 11.4 Å². The van der Waals surface area contributed by atoms with Crippen LogP contribution in [-0.4, -0.2) is 59.0 Å². The van der Waals surface area contributed by atoms with E-state index in [1.807, 2.05) is 0 Å². The third-order valence-corrected chi connectivity index (χ3v) is 6.93. The summed E-state index contributed by atoms with van der Waals surface area (Å²) in [4.78, 5) is 45.9. The summed E-state index contributed by atoms with van der Waals surface area (Å²) in [6.45, 7) is 7.36. The number of aryl methyl sites for hydroxylation is 2. The third kappa shape index (κ3) is 6.13. The second-order valence-electron chi connectivity index (χ2n) is 7.98. The molecule has 0 atom stereocenters. The van der Waals surface area contributed by atoms with Crippen molar-refractivity contribution in [1.82, 2.24) is 25.1 Å². The molecule has 170 valence electrons. The summed E-state index contributed by atoms with van der Waals surface area (Å²) in [5.74, 6) is -0.603. The summed E-state index contributed by atoms with van der Waals surface area (Å²) < 4.78 is 1.34. The molecule has 1 aliphatic rings. The summed E-state index contributed by atoms with van der Waals surface area (Å²) in [5.41, 5.74) is 0.939. The molecule has 2 aromatic rings. The molecule has 9 heteroatoms. The van der Waals surface area contributed by atoms with Gasteiger partial charge >= 0.3 is 0 Å². The summed E-state index contributed by atoms with van der Waals surface area (Å²) in [5, 5.41) is 6.10. The van der Waals surface area contributed by atoms with Crippen LogP contribution in [0, 0.1) is 0 Å². The van der Waals surface area contributed by atoms with Crippen molar-refractivity contribution < 1.29 is 9.59 Å². The van der Waals surface area contributed by atoms with Crippen LogP contribution in [0.3, 0.4) is 0 Å². The lowest BCUT2D eigenvalue weighted by molar-refractivity contribution is -0.126. The van der Waals surface area contributed by atoms with Gasteiger partial charge in [0.25, 0.3) is 5.56 Å². The Labute approximate surface area is 187 Å². The largest absolute Gasteiger partial charge is 0.353 e. The molecule has 0 spiro atoms. The molecule has 2 N–H and O–H groups in total. The maximum atomic E-state index is 12.9. The Bertz CT molecular complexity index is 968. The quantitative estimate of drug-likeness (QED) is 0.547. The van der Waals surface area contributed by atoms with Gasteiger partial charge in [0.05, 0.1) is 18.3 Å². The van der Waals surface area contributed by atoms with Gasteiger partial charge in [0.2, 0.25) is 11.8 Å². The molecule has 8 nitrogen and oxygen atoms in total. The van der Waals surface area contributed by atoms with E-state index in [2.05, 4.69) is 34.4 Å². The van der Waals surface area contributed by atoms with Crippen molar-refractivity contribution >= 4 is 33.4 Å². The van der Waals surface area contributed by atoms with Crippen LogP contribution in [0.15, 0.2) is 11.1 Å². The van der Waals surface area contributed by atoms with Gasteiger partial charge < -0.3 is 15.5 Å². The molecule has 0 bridgehead atoms. The van der Waals surface area contributed by atoms with Crippen LogP contribution in [0.2, 0.25) is 0 Å².